The summed E-state index contributed by atoms with van der Waals surface area (Å²) in [5, 5.41) is 17.8. The number of aromatic nitrogens is 5. The molecule has 1 aliphatic carbocycles. The number of rotatable bonds is 9. The SMILES string of the molecule is COc1cnccc1Nc1nc(-c2nn(Cc3c(F)cc(OCCO)cc3F)c3ccccc23)nc2c1CCC2. The van der Waals surface area contributed by atoms with Crippen LogP contribution in [0.1, 0.15) is 23.2 Å². The molecule has 0 spiro atoms. The number of pyridine rings is 1. The number of hydrogen-bond donors (Lipinski definition) is 2. The van der Waals surface area contributed by atoms with Crippen molar-refractivity contribution in [3.63, 3.8) is 0 Å². The summed E-state index contributed by atoms with van der Waals surface area (Å²) in [6.45, 7) is -0.467. The molecule has 0 amide bonds. The second-order valence-corrected chi connectivity index (χ2v) is 9.34. The molecule has 2 N–H and O–H groups in total. The van der Waals surface area contributed by atoms with Gasteiger partial charge in [-0.2, -0.15) is 5.10 Å². The van der Waals surface area contributed by atoms with Gasteiger partial charge in [0.15, 0.2) is 11.6 Å². The highest BCUT2D eigenvalue weighted by atomic mass is 19.1. The zero-order chi connectivity index (χ0) is 27.6. The van der Waals surface area contributed by atoms with Gasteiger partial charge in [0.1, 0.15) is 35.5 Å². The molecule has 3 heterocycles. The number of nitrogens with one attached hydrogen (secondary N) is 1. The van der Waals surface area contributed by atoms with Crippen LogP contribution in [0.25, 0.3) is 22.4 Å². The molecule has 0 unspecified atom stereocenters. The number of aliphatic hydroxyl groups is 1. The van der Waals surface area contributed by atoms with Crippen molar-refractivity contribution >= 4 is 22.4 Å². The van der Waals surface area contributed by atoms with E-state index >= 15 is 0 Å². The van der Waals surface area contributed by atoms with Gasteiger partial charge in [-0.3, -0.25) is 9.67 Å². The number of ether oxygens (including phenoxy) is 2. The topological polar surface area (TPSA) is 107 Å². The molecule has 40 heavy (non-hydrogen) atoms. The molecule has 5 aromatic rings. The average molecular weight is 545 g/mol. The second kappa shape index (κ2) is 10.9. The molecule has 0 bridgehead atoms. The quantitative estimate of drug-likeness (QED) is 0.272. The number of nitrogens with zero attached hydrogens (tertiary/aromatic N) is 5. The lowest BCUT2D eigenvalue weighted by atomic mass is 10.1. The molecule has 11 heteroatoms. The Morgan fingerprint density at radius 1 is 1.07 bits per heavy atom. The second-order valence-electron chi connectivity index (χ2n) is 9.34. The van der Waals surface area contributed by atoms with Gasteiger partial charge in [0.25, 0.3) is 0 Å². The van der Waals surface area contributed by atoms with Crippen LogP contribution in [0.4, 0.5) is 20.3 Å². The molecule has 2 aromatic carbocycles. The van der Waals surface area contributed by atoms with Gasteiger partial charge < -0.3 is 19.9 Å². The van der Waals surface area contributed by atoms with Crippen molar-refractivity contribution in [2.24, 2.45) is 0 Å². The minimum absolute atomic E-state index is 0.0104. The third-order valence-corrected chi connectivity index (χ3v) is 6.84. The molecular formula is C29H26F2N6O3. The molecule has 6 rings (SSSR count). The van der Waals surface area contributed by atoms with E-state index in [9.17, 15) is 8.78 Å². The van der Waals surface area contributed by atoms with Gasteiger partial charge in [-0.25, -0.2) is 18.7 Å². The van der Waals surface area contributed by atoms with Gasteiger partial charge in [0.2, 0.25) is 0 Å². The van der Waals surface area contributed by atoms with Crippen LogP contribution in [0.15, 0.2) is 54.9 Å². The van der Waals surface area contributed by atoms with Crippen LogP contribution in [-0.2, 0) is 19.4 Å². The summed E-state index contributed by atoms with van der Waals surface area (Å²) < 4.78 is 42.1. The smallest absolute Gasteiger partial charge is 0.182 e. The maximum atomic E-state index is 15.0. The lowest BCUT2D eigenvalue weighted by molar-refractivity contribution is 0.200. The summed E-state index contributed by atoms with van der Waals surface area (Å²) in [4.78, 5) is 13.8. The van der Waals surface area contributed by atoms with Gasteiger partial charge >= 0.3 is 0 Å². The fourth-order valence-corrected chi connectivity index (χ4v) is 4.96. The Balaban J connectivity index is 1.41. The van der Waals surface area contributed by atoms with Crippen LogP contribution in [0.3, 0.4) is 0 Å². The maximum absolute atomic E-state index is 15.0. The molecule has 0 atom stereocenters. The van der Waals surface area contributed by atoms with Gasteiger partial charge in [-0.05, 0) is 31.4 Å². The summed E-state index contributed by atoms with van der Waals surface area (Å²) in [7, 11) is 1.58. The molecule has 9 nitrogen and oxygen atoms in total. The van der Waals surface area contributed by atoms with E-state index in [2.05, 4.69) is 10.3 Å². The number of hydrogen-bond acceptors (Lipinski definition) is 8. The highest BCUT2D eigenvalue weighted by Crippen LogP contribution is 2.35. The van der Waals surface area contributed by atoms with Crippen LogP contribution in [0.5, 0.6) is 11.5 Å². The van der Waals surface area contributed by atoms with Crippen molar-refractivity contribution in [3.8, 4) is 23.0 Å². The minimum Gasteiger partial charge on any atom is -0.493 e. The number of aliphatic hydroxyl groups excluding tert-OH is 1. The van der Waals surface area contributed by atoms with Crippen LogP contribution in [0, 0.1) is 11.6 Å². The fraction of sp³-hybridized carbons (Fsp3) is 0.241. The van der Waals surface area contributed by atoms with Crippen molar-refractivity contribution in [2.75, 3.05) is 25.6 Å². The maximum Gasteiger partial charge on any atom is 0.182 e. The van der Waals surface area contributed by atoms with E-state index in [1.807, 2.05) is 30.3 Å². The monoisotopic (exact) mass is 544 g/mol. The third kappa shape index (κ3) is 4.79. The van der Waals surface area contributed by atoms with Crippen molar-refractivity contribution in [3.05, 3.63) is 83.3 Å². The van der Waals surface area contributed by atoms with Crippen LogP contribution < -0.4 is 14.8 Å². The fourth-order valence-electron chi connectivity index (χ4n) is 4.96. The predicted octanol–water partition coefficient (Wildman–Crippen LogP) is 4.83. The number of methoxy groups -OCH3 is 1. The van der Waals surface area contributed by atoms with E-state index < -0.39 is 11.6 Å². The standard InChI is InChI=1S/C29H26F2N6O3/c1-39-26-15-32-10-9-24(26)34-28-18-6-4-7-23(18)33-29(35-28)27-19-5-2-3-8-25(19)37(36-27)16-20-21(30)13-17(14-22(20)31)40-12-11-38/h2-3,5,8-10,13-15,38H,4,6-7,11-12,16H2,1H3,(H,32,33,34,35). The number of fused-ring (bicyclic) bond motifs is 2. The Kier molecular flexibility index (Phi) is 6.95. The van der Waals surface area contributed by atoms with E-state index in [1.165, 1.54) is 0 Å². The van der Waals surface area contributed by atoms with E-state index in [1.54, 1.807) is 24.2 Å². The van der Waals surface area contributed by atoms with Crippen molar-refractivity contribution < 1.29 is 23.4 Å². The predicted molar refractivity (Wildman–Crippen MR) is 145 cm³/mol. The Bertz CT molecular complexity index is 1680. The first-order valence-corrected chi connectivity index (χ1v) is 12.9. The van der Waals surface area contributed by atoms with Crippen molar-refractivity contribution in [1.29, 1.82) is 0 Å². The van der Waals surface area contributed by atoms with Crippen molar-refractivity contribution in [1.82, 2.24) is 24.7 Å². The summed E-state index contributed by atoms with van der Waals surface area (Å²) in [5.74, 6) is 0.148. The third-order valence-electron chi connectivity index (χ3n) is 6.84. The van der Waals surface area contributed by atoms with E-state index in [0.29, 0.717) is 28.6 Å². The van der Waals surface area contributed by atoms with Crippen LogP contribution >= 0.6 is 0 Å². The number of aryl methyl sites for hydroxylation is 1. The highest BCUT2D eigenvalue weighted by Gasteiger charge is 2.24. The lowest BCUT2D eigenvalue weighted by Gasteiger charge is -2.14. The molecule has 0 fully saturated rings. The summed E-state index contributed by atoms with van der Waals surface area (Å²) in [6, 6.07) is 11.5. The molecule has 1 aliphatic rings. The normalized spacial score (nSPS) is 12.5. The Morgan fingerprint density at radius 2 is 1.90 bits per heavy atom. The van der Waals surface area contributed by atoms with Gasteiger partial charge in [-0.15, -0.1) is 0 Å². The molecule has 3 aromatic heterocycles. The van der Waals surface area contributed by atoms with E-state index in [-0.39, 0.29) is 31.1 Å². The highest BCUT2D eigenvalue weighted by molar-refractivity contribution is 5.92. The molecule has 204 valence electrons. The van der Waals surface area contributed by atoms with Crippen LogP contribution in [0.2, 0.25) is 0 Å². The Morgan fingerprint density at radius 3 is 2.70 bits per heavy atom. The molecular weight excluding hydrogens is 518 g/mol. The zero-order valence-electron chi connectivity index (χ0n) is 21.7. The van der Waals surface area contributed by atoms with Gasteiger partial charge in [0.05, 0.1) is 37.7 Å². The number of para-hydroxylation sites is 1. The largest absolute Gasteiger partial charge is 0.493 e. The van der Waals surface area contributed by atoms with Crippen molar-refractivity contribution in [2.45, 2.75) is 25.8 Å². The number of anilines is 2. The first kappa shape index (κ1) is 25.6. The molecule has 0 saturated heterocycles. The van der Waals surface area contributed by atoms with Gasteiger partial charge in [0, 0.05) is 40.5 Å². The average Bonchev–Trinajstić information content (AvgIpc) is 3.59. The molecule has 0 aliphatic heterocycles. The molecule has 0 radical (unpaired) electrons. The Hall–Kier alpha value is -4.64. The van der Waals surface area contributed by atoms with E-state index in [4.69, 9.17) is 29.6 Å². The van der Waals surface area contributed by atoms with Crippen LogP contribution in [-0.4, -0.2) is 50.2 Å². The first-order chi connectivity index (χ1) is 19.6. The van der Waals surface area contributed by atoms with E-state index in [0.717, 1.165) is 53.7 Å². The minimum atomic E-state index is -0.763. The summed E-state index contributed by atoms with van der Waals surface area (Å²) in [6.07, 6.45) is 5.92. The summed E-state index contributed by atoms with van der Waals surface area (Å²) >= 11 is 0. The summed E-state index contributed by atoms with van der Waals surface area (Å²) in [5.41, 5.74) is 3.75. The zero-order valence-corrected chi connectivity index (χ0v) is 21.7. The number of halogens is 2. The first-order valence-electron chi connectivity index (χ1n) is 12.9. The number of benzene rings is 2. The molecule has 0 saturated carbocycles. The van der Waals surface area contributed by atoms with Gasteiger partial charge in [-0.1, -0.05) is 18.2 Å². The Labute approximate surface area is 228 Å². The lowest BCUT2D eigenvalue weighted by Crippen LogP contribution is -2.09.